The number of rotatable bonds is 3. The fourth-order valence-corrected chi connectivity index (χ4v) is 1.10. The Bertz CT molecular complexity index is 290. The van der Waals surface area contributed by atoms with Crippen LogP contribution in [0.5, 0.6) is 0 Å². The van der Waals surface area contributed by atoms with E-state index in [0.29, 0.717) is 0 Å². The quantitative estimate of drug-likeness (QED) is 0.861. The summed E-state index contributed by atoms with van der Waals surface area (Å²) in [6.45, 7) is 6.43. The first-order valence-corrected chi connectivity index (χ1v) is 4.46. The largest absolute Gasteiger partial charge is 0.378 e. The third-order valence-electron chi connectivity index (χ3n) is 1.48. The van der Waals surface area contributed by atoms with Crippen molar-refractivity contribution in [1.82, 2.24) is 9.78 Å². The summed E-state index contributed by atoms with van der Waals surface area (Å²) >= 11 is 3.28. The number of aromatic nitrogens is 2. The molecule has 4 heteroatoms. The Morgan fingerprint density at radius 1 is 1.83 bits per heavy atom. The molecule has 0 aliphatic rings. The lowest BCUT2D eigenvalue weighted by atomic mass is 10.4. The Morgan fingerprint density at radius 2 is 2.50 bits per heavy atom. The van der Waals surface area contributed by atoms with E-state index in [0.717, 1.165) is 22.4 Å². The maximum Gasteiger partial charge on any atom is 0.0825 e. The van der Waals surface area contributed by atoms with E-state index in [1.165, 1.54) is 0 Å². The van der Waals surface area contributed by atoms with Crippen LogP contribution in [0.15, 0.2) is 17.3 Å². The predicted octanol–water partition coefficient (Wildman–Crippen LogP) is 2.05. The molecule has 12 heavy (non-hydrogen) atoms. The predicted molar refractivity (Wildman–Crippen MR) is 54.5 cm³/mol. The first-order valence-electron chi connectivity index (χ1n) is 3.67. The van der Waals surface area contributed by atoms with Crippen LogP contribution in [0.3, 0.4) is 0 Å². The maximum atomic E-state index is 4.20. The highest BCUT2D eigenvalue weighted by Gasteiger charge is 2.00. The normalized spacial score (nSPS) is 9.92. The monoisotopic (exact) mass is 229 g/mol. The molecule has 0 saturated carbocycles. The number of hydrogen-bond acceptors (Lipinski definition) is 2. The van der Waals surface area contributed by atoms with E-state index < -0.39 is 0 Å². The molecule has 0 aromatic carbocycles. The minimum absolute atomic E-state index is 0.729. The van der Waals surface area contributed by atoms with Crippen molar-refractivity contribution in [2.24, 2.45) is 7.05 Å². The summed E-state index contributed by atoms with van der Waals surface area (Å²) in [6, 6.07) is 0. The molecule has 0 amide bonds. The van der Waals surface area contributed by atoms with E-state index in [2.05, 4.69) is 32.9 Å². The number of aryl methyl sites for hydroxylation is 2. The molecule has 0 fully saturated rings. The third kappa shape index (κ3) is 2.37. The van der Waals surface area contributed by atoms with Gasteiger partial charge < -0.3 is 5.32 Å². The van der Waals surface area contributed by atoms with Crippen LogP contribution in [-0.2, 0) is 7.05 Å². The highest BCUT2D eigenvalue weighted by molar-refractivity contribution is 9.11. The molecule has 0 aliphatic heterocycles. The van der Waals surface area contributed by atoms with Crippen LogP contribution >= 0.6 is 15.9 Å². The number of halogens is 1. The van der Waals surface area contributed by atoms with Gasteiger partial charge >= 0.3 is 0 Å². The zero-order valence-corrected chi connectivity index (χ0v) is 8.85. The summed E-state index contributed by atoms with van der Waals surface area (Å²) in [6.07, 6.45) is 1.95. The fourth-order valence-electron chi connectivity index (χ4n) is 0.964. The summed E-state index contributed by atoms with van der Waals surface area (Å²) in [5.41, 5.74) is 2.06. The van der Waals surface area contributed by atoms with Crippen molar-refractivity contribution in [3.63, 3.8) is 0 Å². The smallest absolute Gasteiger partial charge is 0.0825 e. The highest BCUT2D eigenvalue weighted by Crippen LogP contribution is 2.12. The van der Waals surface area contributed by atoms with E-state index in [1.807, 2.05) is 20.2 Å². The number of nitrogens with zero attached hydrogens (tertiary/aromatic N) is 2. The topological polar surface area (TPSA) is 29.9 Å². The summed E-state index contributed by atoms with van der Waals surface area (Å²) in [5.74, 6) is 0. The van der Waals surface area contributed by atoms with E-state index in [-0.39, 0.29) is 0 Å². The van der Waals surface area contributed by atoms with E-state index >= 15 is 0 Å². The maximum absolute atomic E-state index is 4.20. The van der Waals surface area contributed by atoms with Gasteiger partial charge in [-0.2, -0.15) is 5.10 Å². The molecule has 1 heterocycles. The second kappa shape index (κ2) is 3.76. The molecular formula is C8H12BrN3. The van der Waals surface area contributed by atoms with Gasteiger partial charge in [-0.25, -0.2) is 0 Å². The summed E-state index contributed by atoms with van der Waals surface area (Å²) in [5, 5.41) is 7.40. The molecule has 1 aromatic rings. The highest BCUT2D eigenvalue weighted by atomic mass is 79.9. The zero-order valence-electron chi connectivity index (χ0n) is 7.26. The molecule has 3 nitrogen and oxygen atoms in total. The number of hydrogen-bond donors (Lipinski definition) is 1. The van der Waals surface area contributed by atoms with E-state index in [4.69, 9.17) is 0 Å². The molecule has 0 atom stereocenters. The van der Waals surface area contributed by atoms with Crippen molar-refractivity contribution >= 4 is 21.6 Å². The molecule has 1 aromatic heterocycles. The molecule has 0 spiro atoms. The lowest BCUT2D eigenvalue weighted by Gasteiger charge is -2.01. The van der Waals surface area contributed by atoms with Crippen LogP contribution in [0.2, 0.25) is 0 Å². The molecule has 0 saturated heterocycles. The van der Waals surface area contributed by atoms with Gasteiger partial charge in [-0.15, -0.1) is 0 Å². The van der Waals surface area contributed by atoms with Gasteiger partial charge in [0.05, 0.1) is 11.4 Å². The van der Waals surface area contributed by atoms with Crippen LogP contribution in [-0.4, -0.2) is 16.3 Å². The van der Waals surface area contributed by atoms with E-state index in [1.54, 1.807) is 4.68 Å². The molecular weight excluding hydrogens is 218 g/mol. The van der Waals surface area contributed by atoms with Crippen molar-refractivity contribution in [3.8, 4) is 0 Å². The Hall–Kier alpha value is -0.770. The first kappa shape index (κ1) is 9.32. The summed E-state index contributed by atoms with van der Waals surface area (Å²) in [7, 11) is 1.90. The molecule has 0 aliphatic carbocycles. The van der Waals surface area contributed by atoms with Crippen LogP contribution < -0.4 is 5.32 Å². The lowest BCUT2D eigenvalue weighted by molar-refractivity contribution is 0.756. The van der Waals surface area contributed by atoms with Gasteiger partial charge in [0.1, 0.15) is 0 Å². The second-order valence-electron chi connectivity index (χ2n) is 2.67. The van der Waals surface area contributed by atoms with Gasteiger partial charge in [0, 0.05) is 24.3 Å². The van der Waals surface area contributed by atoms with Crippen LogP contribution in [0.4, 0.5) is 5.69 Å². The van der Waals surface area contributed by atoms with Crippen molar-refractivity contribution in [2.45, 2.75) is 6.92 Å². The minimum atomic E-state index is 0.729. The Kier molecular flexibility index (Phi) is 2.92. The average Bonchev–Trinajstić information content (AvgIpc) is 2.26. The van der Waals surface area contributed by atoms with E-state index in [9.17, 15) is 0 Å². The Balaban J connectivity index is 2.62. The SMILES string of the molecule is C=C(Br)CNc1cn(C)nc1C. The van der Waals surface area contributed by atoms with Gasteiger partial charge in [-0.1, -0.05) is 22.5 Å². The van der Waals surface area contributed by atoms with Crippen LogP contribution in [0, 0.1) is 6.92 Å². The van der Waals surface area contributed by atoms with Crippen molar-refractivity contribution < 1.29 is 0 Å². The third-order valence-corrected chi connectivity index (χ3v) is 1.76. The molecule has 1 N–H and O–H groups in total. The van der Waals surface area contributed by atoms with Crippen LogP contribution in [0.1, 0.15) is 5.69 Å². The first-order chi connectivity index (χ1) is 5.59. The molecule has 66 valence electrons. The number of anilines is 1. The van der Waals surface area contributed by atoms with Gasteiger partial charge in [-0.05, 0) is 6.92 Å². The molecule has 0 radical (unpaired) electrons. The Labute approximate surface area is 80.6 Å². The standard InChI is InChI=1S/C8H12BrN3/c1-6(9)4-10-8-5-12(3)11-7(8)2/h5,10H,1,4H2,2-3H3. The number of nitrogens with one attached hydrogen (secondary N) is 1. The molecule has 0 bridgehead atoms. The van der Waals surface area contributed by atoms with Gasteiger partial charge in [-0.3, -0.25) is 4.68 Å². The zero-order chi connectivity index (χ0) is 9.14. The van der Waals surface area contributed by atoms with Crippen molar-refractivity contribution in [2.75, 3.05) is 11.9 Å². The fraction of sp³-hybridized carbons (Fsp3) is 0.375. The van der Waals surface area contributed by atoms with Crippen molar-refractivity contribution in [1.29, 1.82) is 0 Å². The lowest BCUT2D eigenvalue weighted by Crippen LogP contribution is -2.00. The Morgan fingerprint density at radius 3 is 2.92 bits per heavy atom. The summed E-state index contributed by atoms with van der Waals surface area (Å²) < 4.78 is 2.72. The van der Waals surface area contributed by atoms with Crippen molar-refractivity contribution in [3.05, 3.63) is 23.0 Å². The van der Waals surface area contributed by atoms with Gasteiger partial charge in [0.25, 0.3) is 0 Å². The summed E-state index contributed by atoms with van der Waals surface area (Å²) in [4.78, 5) is 0. The van der Waals surface area contributed by atoms with Gasteiger partial charge in [0.2, 0.25) is 0 Å². The molecule has 0 unspecified atom stereocenters. The second-order valence-corrected chi connectivity index (χ2v) is 3.79. The average molecular weight is 230 g/mol. The van der Waals surface area contributed by atoms with Crippen LogP contribution in [0.25, 0.3) is 0 Å². The molecule has 1 rings (SSSR count). The minimum Gasteiger partial charge on any atom is -0.378 e. The van der Waals surface area contributed by atoms with Gasteiger partial charge in [0.15, 0.2) is 0 Å².